The Morgan fingerprint density at radius 2 is 1.96 bits per heavy atom. The lowest BCUT2D eigenvalue weighted by Crippen LogP contribution is -2.31. The summed E-state index contributed by atoms with van der Waals surface area (Å²) in [6.45, 7) is 4.75. The zero-order valence-corrected chi connectivity index (χ0v) is 14.1. The van der Waals surface area contributed by atoms with Gasteiger partial charge in [0, 0.05) is 25.7 Å². The van der Waals surface area contributed by atoms with E-state index in [1.807, 2.05) is 43.3 Å². The molecule has 2 aromatic carbocycles. The number of amides is 1. The Bertz CT molecular complexity index is 659. The minimum Gasteiger partial charge on any atom is -0.491 e. The molecule has 1 atom stereocenters. The van der Waals surface area contributed by atoms with Crippen LogP contribution in [-0.4, -0.2) is 30.3 Å². The van der Waals surface area contributed by atoms with Crippen molar-refractivity contribution >= 4 is 11.6 Å². The first kappa shape index (κ1) is 18.0. The lowest BCUT2D eigenvalue weighted by molar-refractivity contribution is -0.114. The Morgan fingerprint density at radius 3 is 2.62 bits per heavy atom. The van der Waals surface area contributed by atoms with Gasteiger partial charge in [0.1, 0.15) is 18.5 Å². The molecule has 0 aliphatic heterocycles. The second kappa shape index (κ2) is 9.05. The van der Waals surface area contributed by atoms with Crippen molar-refractivity contribution in [1.29, 1.82) is 0 Å². The molecule has 1 amide bonds. The molecule has 0 saturated carbocycles. The molecule has 24 heavy (non-hydrogen) atoms. The number of carbonyl (C=O) groups excluding carboxylic acids is 1. The van der Waals surface area contributed by atoms with Gasteiger partial charge in [0.05, 0.1) is 0 Å². The molecule has 0 aliphatic carbocycles. The maximum Gasteiger partial charge on any atom is 0.221 e. The van der Waals surface area contributed by atoms with Crippen LogP contribution in [0, 0.1) is 6.92 Å². The zero-order chi connectivity index (χ0) is 17.4. The molecule has 5 nitrogen and oxygen atoms in total. The quantitative estimate of drug-likeness (QED) is 0.696. The summed E-state index contributed by atoms with van der Waals surface area (Å²) in [5, 5.41) is 15.9. The highest BCUT2D eigenvalue weighted by molar-refractivity contribution is 5.88. The number of carbonyl (C=O) groups is 1. The number of hydrogen-bond donors (Lipinski definition) is 3. The highest BCUT2D eigenvalue weighted by atomic mass is 16.5. The molecule has 2 aromatic rings. The first-order chi connectivity index (χ1) is 11.5. The number of hydrogen-bond acceptors (Lipinski definition) is 4. The predicted molar refractivity (Wildman–Crippen MR) is 95.1 cm³/mol. The van der Waals surface area contributed by atoms with Gasteiger partial charge in [-0.2, -0.15) is 0 Å². The summed E-state index contributed by atoms with van der Waals surface area (Å²) >= 11 is 0. The fourth-order valence-corrected chi connectivity index (χ4v) is 2.32. The van der Waals surface area contributed by atoms with Gasteiger partial charge in [0.2, 0.25) is 5.91 Å². The molecule has 0 spiro atoms. The summed E-state index contributed by atoms with van der Waals surface area (Å²) in [6.07, 6.45) is -0.594. The summed E-state index contributed by atoms with van der Waals surface area (Å²) in [5.41, 5.74) is 2.82. The molecule has 3 N–H and O–H groups in total. The van der Waals surface area contributed by atoms with Gasteiger partial charge >= 0.3 is 0 Å². The van der Waals surface area contributed by atoms with Gasteiger partial charge in [-0.1, -0.05) is 30.3 Å². The predicted octanol–water partition coefficient (Wildman–Crippen LogP) is 2.48. The molecule has 0 bridgehead atoms. The third-order valence-corrected chi connectivity index (χ3v) is 3.48. The van der Waals surface area contributed by atoms with E-state index in [1.165, 1.54) is 12.5 Å². The lowest BCUT2D eigenvalue weighted by Gasteiger charge is -2.15. The van der Waals surface area contributed by atoms with Crippen LogP contribution in [0.15, 0.2) is 48.5 Å². The average molecular weight is 328 g/mol. The fourth-order valence-electron chi connectivity index (χ4n) is 2.32. The van der Waals surface area contributed by atoms with E-state index in [0.29, 0.717) is 18.8 Å². The van der Waals surface area contributed by atoms with E-state index in [0.717, 1.165) is 11.3 Å². The Morgan fingerprint density at radius 1 is 1.21 bits per heavy atom. The van der Waals surface area contributed by atoms with E-state index < -0.39 is 6.10 Å². The topological polar surface area (TPSA) is 70.6 Å². The number of aliphatic hydroxyl groups excluding tert-OH is 1. The van der Waals surface area contributed by atoms with Crippen molar-refractivity contribution in [1.82, 2.24) is 5.32 Å². The molecule has 0 fully saturated rings. The van der Waals surface area contributed by atoms with Gasteiger partial charge in [-0.3, -0.25) is 4.79 Å². The van der Waals surface area contributed by atoms with Gasteiger partial charge in [0.25, 0.3) is 0 Å². The van der Waals surface area contributed by atoms with Crippen LogP contribution in [0.1, 0.15) is 18.1 Å². The molecule has 0 radical (unpaired) electrons. The molecular formula is C19H24N2O3. The number of aliphatic hydroxyl groups is 1. The Balaban J connectivity index is 1.75. The molecular weight excluding hydrogens is 304 g/mol. The molecule has 0 aliphatic rings. The van der Waals surface area contributed by atoms with Crippen LogP contribution in [-0.2, 0) is 11.3 Å². The maximum absolute atomic E-state index is 11.0. The Kier molecular flexibility index (Phi) is 6.78. The molecule has 2 rings (SSSR count). The van der Waals surface area contributed by atoms with E-state index >= 15 is 0 Å². The minimum absolute atomic E-state index is 0.108. The van der Waals surface area contributed by atoms with E-state index in [9.17, 15) is 9.90 Å². The maximum atomic E-state index is 11.0. The van der Waals surface area contributed by atoms with Crippen LogP contribution >= 0.6 is 0 Å². The second-order valence-electron chi connectivity index (χ2n) is 5.74. The van der Waals surface area contributed by atoms with Crippen molar-refractivity contribution in [2.75, 3.05) is 18.5 Å². The van der Waals surface area contributed by atoms with Crippen LogP contribution in [0.4, 0.5) is 5.69 Å². The molecule has 5 heteroatoms. The van der Waals surface area contributed by atoms with Gasteiger partial charge in [-0.05, 0) is 36.2 Å². The van der Waals surface area contributed by atoms with Gasteiger partial charge < -0.3 is 20.5 Å². The van der Waals surface area contributed by atoms with Crippen LogP contribution < -0.4 is 15.4 Å². The number of ether oxygens (including phenoxy) is 1. The fraction of sp³-hybridized carbons (Fsp3) is 0.316. The van der Waals surface area contributed by atoms with Crippen molar-refractivity contribution in [3.05, 3.63) is 59.7 Å². The SMILES string of the molecule is CC(=O)Nc1ccc(OCC(O)CNCc2ccccc2)c(C)c1. The van der Waals surface area contributed by atoms with Crippen molar-refractivity contribution in [3.63, 3.8) is 0 Å². The van der Waals surface area contributed by atoms with Crippen molar-refractivity contribution in [3.8, 4) is 5.75 Å². The second-order valence-corrected chi connectivity index (χ2v) is 5.74. The number of anilines is 1. The van der Waals surface area contributed by atoms with Crippen molar-refractivity contribution in [2.45, 2.75) is 26.5 Å². The normalized spacial score (nSPS) is 11.8. The smallest absolute Gasteiger partial charge is 0.221 e. The summed E-state index contributed by atoms with van der Waals surface area (Å²) < 4.78 is 5.66. The van der Waals surface area contributed by atoms with Gasteiger partial charge in [-0.15, -0.1) is 0 Å². The molecule has 1 unspecified atom stereocenters. The molecule has 0 aromatic heterocycles. The van der Waals surface area contributed by atoms with Crippen LogP contribution in [0.25, 0.3) is 0 Å². The third kappa shape index (κ3) is 6.02. The number of nitrogens with one attached hydrogen (secondary N) is 2. The number of benzene rings is 2. The van der Waals surface area contributed by atoms with Crippen molar-refractivity contribution in [2.24, 2.45) is 0 Å². The summed E-state index contributed by atoms with van der Waals surface area (Å²) in [5.74, 6) is 0.592. The molecule has 0 heterocycles. The van der Waals surface area contributed by atoms with Crippen LogP contribution in [0.2, 0.25) is 0 Å². The van der Waals surface area contributed by atoms with Gasteiger partial charge in [-0.25, -0.2) is 0 Å². The largest absolute Gasteiger partial charge is 0.491 e. The Labute approximate surface area is 142 Å². The van der Waals surface area contributed by atoms with E-state index in [1.54, 1.807) is 12.1 Å². The van der Waals surface area contributed by atoms with Gasteiger partial charge in [0.15, 0.2) is 0 Å². The number of aryl methyl sites for hydroxylation is 1. The van der Waals surface area contributed by atoms with E-state index in [-0.39, 0.29) is 12.5 Å². The third-order valence-electron chi connectivity index (χ3n) is 3.48. The summed E-state index contributed by atoms with van der Waals surface area (Å²) in [7, 11) is 0. The number of rotatable bonds is 8. The highest BCUT2D eigenvalue weighted by Gasteiger charge is 2.07. The minimum atomic E-state index is -0.594. The zero-order valence-electron chi connectivity index (χ0n) is 14.1. The molecule has 128 valence electrons. The van der Waals surface area contributed by atoms with Crippen LogP contribution in [0.5, 0.6) is 5.75 Å². The van der Waals surface area contributed by atoms with Crippen molar-refractivity contribution < 1.29 is 14.6 Å². The van der Waals surface area contributed by atoms with E-state index in [2.05, 4.69) is 10.6 Å². The van der Waals surface area contributed by atoms with E-state index in [4.69, 9.17) is 4.74 Å². The lowest BCUT2D eigenvalue weighted by atomic mass is 10.2. The Hall–Kier alpha value is -2.37. The average Bonchev–Trinajstić information content (AvgIpc) is 2.54. The standard InChI is InChI=1S/C19H24N2O3/c1-14-10-17(21-15(2)22)8-9-19(14)24-13-18(23)12-20-11-16-6-4-3-5-7-16/h3-10,18,20,23H,11-13H2,1-2H3,(H,21,22). The summed E-state index contributed by atoms with van der Waals surface area (Å²) in [4.78, 5) is 11.0. The summed E-state index contributed by atoms with van der Waals surface area (Å²) in [6, 6.07) is 15.5. The molecule has 0 saturated heterocycles. The first-order valence-corrected chi connectivity index (χ1v) is 7.98. The first-order valence-electron chi connectivity index (χ1n) is 7.98. The van der Waals surface area contributed by atoms with Crippen LogP contribution in [0.3, 0.4) is 0 Å². The highest BCUT2D eigenvalue weighted by Crippen LogP contribution is 2.22. The monoisotopic (exact) mass is 328 g/mol.